The fourth-order valence-electron chi connectivity index (χ4n) is 2.92. The van der Waals surface area contributed by atoms with Gasteiger partial charge < -0.3 is 19.9 Å². The first-order chi connectivity index (χ1) is 14.2. The molecule has 1 aromatic rings. The van der Waals surface area contributed by atoms with Crippen molar-refractivity contribution in [3.8, 4) is 0 Å². The van der Waals surface area contributed by atoms with E-state index in [-0.39, 0.29) is 35.4 Å². The Morgan fingerprint density at radius 2 is 1.90 bits per heavy atom. The van der Waals surface area contributed by atoms with Gasteiger partial charge >= 0.3 is 12.3 Å². The minimum absolute atomic E-state index is 0.130. The molecule has 1 saturated heterocycles. The number of ether oxygens (including phenoxy) is 1. The number of rotatable bonds is 6. The molecule has 0 spiro atoms. The van der Waals surface area contributed by atoms with Gasteiger partial charge in [-0.15, -0.1) is 0 Å². The van der Waals surface area contributed by atoms with Crippen molar-refractivity contribution in [2.45, 2.75) is 38.6 Å². The number of hydrogen-bond donors (Lipinski definition) is 1. The van der Waals surface area contributed by atoms with E-state index < -0.39 is 23.4 Å². The maximum Gasteiger partial charge on any atom is 0.416 e. The summed E-state index contributed by atoms with van der Waals surface area (Å²) in [5, 5.41) is 2.78. The summed E-state index contributed by atoms with van der Waals surface area (Å²) in [5.41, 5.74) is -0.868. The van der Waals surface area contributed by atoms with Gasteiger partial charge in [0.1, 0.15) is 5.60 Å². The van der Waals surface area contributed by atoms with Gasteiger partial charge in [0, 0.05) is 31.4 Å². The first kappa shape index (κ1) is 24.2. The second-order valence-electron chi connectivity index (χ2n) is 8.34. The van der Waals surface area contributed by atoms with Gasteiger partial charge in [-0.25, -0.2) is 4.79 Å². The van der Waals surface area contributed by atoms with Gasteiger partial charge in [0.25, 0.3) is 0 Å². The highest BCUT2D eigenvalue weighted by Gasteiger charge is 2.35. The zero-order valence-corrected chi connectivity index (χ0v) is 18.0. The van der Waals surface area contributed by atoms with Crippen molar-refractivity contribution >= 4 is 30.1 Å². The van der Waals surface area contributed by atoms with Crippen LogP contribution in [-0.4, -0.2) is 66.8 Å². The number of nitrogens with zero attached hydrogens (tertiary/aromatic N) is 3. The van der Waals surface area contributed by atoms with Crippen LogP contribution in [0.3, 0.4) is 0 Å². The van der Waals surface area contributed by atoms with Crippen molar-refractivity contribution in [3.63, 3.8) is 0 Å². The van der Waals surface area contributed by atoms with E-state index in [9.17, 15) is 22.8 Å². The molecular formula is C21H27F3N4O3. The lowest BCUT2D eigenvalue weighted by Gasteiger charge is -2.40. The highest BCUT2D eigenvalue weighted by molar-refractivity contribution is 5.82. The van der Waals surface area contributed by atoms with Gasteiger partial charge in [-0.05, 0) is 45.7 Å². The number of amides is 2. The molecule has 1 aliphatic rings. The average molecular weight is 440 g/mol. The number of likely N-dealkylation sites (N-methyl/N-ethyl adjacent to an activating group) is 1. The van der Waals surface area contributed by atoms with E-state index >= 15 is 0 Å². The van der Waals surface area contributed by atoms with Crippen LogP contribution in [0.1, 0.15) is 31.9 Å². The number of halogens is 3. The van der Waals surface area contributed by atoms with Gasteiger partial charge in [-0.2, -0.15) is 13.2 Å². The minimum atomic E-state index is -4.52. The van der Waals surface area contributed by atoms with E-state index in [1.165, 1.54) is 15.9 Å². The topological polar surface area (TPSA) is 74.2 Å². The summed E-state index contributed by atoms with van der Waals surface area (Å²) in [5.74, 6) is -0.349. The third-order valence-electron chi connectivity index (χ3n) is 4.55. The molecule has 0 aliphatic carbocycles. The van der Waals surface area contributed by atoms with Crippen LogP contribution in [0.15, 0.2) is 29.8 Å². The Kier molecular flexibility index (Phi) is 7.03. The van der Waals surface area contributed by atoms with Crippen molar-refractivity contribution in [3.05, 3.63) is 35.9 Å². The Labute approximate surface area is 179 Å². The first-order valence-electron chi connectivity index (χ1n) is 9.57. The van der Waals surface area contributed by atoms with E-state index in [1.807, 2.05) is 0 Å². The molecule has 1 aromatic carbocycles. The quantitative estimate of drug-likeness (QED) is 0.685. The number of aliphatic imine (C=N–C) groups is 1. The molecule has 2 amide bonds. The number of hydrogen-bond acceptors (Lipinski definition) is 5. The second-order valence-corrected chi connectivity index (χ2v) is 8.34. The summed E-state index contributed by atoms with van der Waals surface area (Å²) in [6, 6.07) is 2.84. The van der Waals surface area contributed by atoms with E-state index in [0.29, 0.717) is 13.1 Å². The summed E-state index contributed by atoms with van der Waals surface area (Å²) in [6.07, 6.45) is -4.97. The molecular weight excluding hydrogens is 413 g/mol. The largest absolute Gasteiger partial charge is 0.444 e. The molecule has 2 rings (SSSR count). The Hall–Kier alpha value is -3.04. The SMILES string of the molecule is C=Nc1ccc(C(F)(F)F)cc1C(=C)N(C)CC(=O)NC1CN(C(=O)OC(C)(C)C)C1. The molecule has 1 fully saturated rings. The Balaban J connectivity index is 1.93. The Morgan fingerprint density at radius 1 is 1.29 bits per heavy atom. The maximum atomic E-state index is 13.1. The van der Waals surface area contributed by atoms with Gasteiger partial charge in [-0.1, -0.05) is 6.58 Å². The third kappa shape index (κ3) is 6.47. The van der Waals surface area contributed by atoms with Crippen LogP contribution in [0.4, 0.5) is 23.7 Å². The molecule has 31 heavy (non-hydrogen) atoms. The van der Waals surface area contributed by atoms with Crippen LogP contribution in [0, 0.1) is 0 Å². The molecule has 0 aromatic heterocycles. The smallest absolute Gasteiger partial charge is 0.416 e. The van der Waals surface area contributed by atoms with Gasteiger partial charge in [0.2, 0.25) is 5.91 Å². The van der Waals surface area contributed by atoms with Gasteiger partial charge in [-0.3, -0.25) is 9.79 Å². The van der Waals surface area contributed by atoms with Crippen LogP contribution in [0.5, 0.6) is 0 Å². The van der Waals surface area contributed by atoms with Crippen molar-refractivity contribution < 1.29 is 27.5 Å². The molecule has 1 aliphatic heterocycles. The van der Waals surface area contributed by atoms with E-state index in [1.54, 1.807) is 27.8 Å². The Bertz CT molecular complexity index is 872. The van der Waals surface area contributed by atoms with Crippen LogP contribution in [0.25, 0.3) is 5.70 Å². The number of carbonyl (C=O) groups excluding carboxylic acids is 2. The van der Waals surface area contributed by atoms with Crippen LogP contribution in [-0.2, 0) is 15.7 Å². The predicted molar refractivity (Wildman–Crippen MR) is 112 cm³/mol. The van der Waals surface area contributed by atoms with Crippen molar-refractivity contribution in [1.29, 1.82) is 0 Å². The number of likely N-dealkylation sites (tertiary alicyclic amines) is 1. The fraction of sp³-hybridized carbons (Fsp3) is 0.476. The molecule has 170 valence electrons. The summed E-state index contributed by atoms with van der Waals surface area (Å²) in [7, 11) is 1.54. The Morgan fingerprint density at radius 3 is 2.42 bits per heavy atom. The first-order valence-corrected chi connectivity index (χ1v) is 9.57. The molecule has 0 radical (unpaired) electrons. The predicted octanol–water partition coefficient (Wildman–Crippen LogP) is 3.68. The van der Waals surface area contributed by atoms with E-state index in [2.05, 4.69) is 23.6 Å². The zero-order valence-electron chi connectivity index (χ0n) is 18.0. The van der Waals surface area contributed by atoms with Crippen LogP contribution >= 0.6 is 0 Å². The monoisotopic (exact) mass is 440 g/mol. The number of carbonyl (C=O) groups is 2. The molecule has 0 bridgehead atoms. The molecule has 7 nitrogen and oxygen atoms in total. The number of nitrogens with one attached hydrogen (secondary N) is 1. The zero-order chi connectivity index (χ0) is 23.6. The lowest BCUT2D eigenvalue weighted by molar-refractivity contribution is -0.137. The minimum Gasteiger partial charge on any atom is -0.444 e. The van der Waals surface area contributed by atoms with E-state index in [4.69, 9.17) is 4.74 Å². The fourth-order valence-corrected chi connectivity index (χ4v) is 2.92. The molecule has 1 heterocycles. The average Bonchev–Trinajstić information content (AvgIpc) is 2.60. The summed E-state index contributed by atoms with van der Waals surface area (Å²) in [4.78, 5) is 30.9. The second kappa shape index (κ2) is 8.99. The molecule has 10 heteroatoms. The lowest BCUT2D eigenvalue weighted by Crippen LogP contribution is -2.62. The summed E-state index contributed by atoms with van der Waals surface area (Å²) in [6.45, 7) is 13.0. The molecule has 0 unspecified atom stereocenters. The standard InChI is InChI=1S/C21H27F3N4O3/c1-13(16-9-14(21(22,23)24)7-8-17(16)25-5)27(6)12-18(29)26-15-10-28(11-15)19(30)31-20(2,3)4/h7-9,15H,1,5,10-12H2,2-4,6H3,(H,26,29). The maximum absolute atomic E-state index is 13.1. The number of alkyl halides is 3. The summed E-state index contributed by atoms with van der Waals surface area (Å²) >= 11 is 0. The number of benzene rings is 1. The molecule has 0 atom stereocenters. The van der Waals surface area contributed by atoms with Gasteiger partial charge in [0.15, 0.2) is 0 Å². The third-order valence-corrected chi connectivity index (χ3v) is 4.55. The van der Waals surface area contributed by atoms with Crippen molar-refractivity contribution in [1.82, 2.24) is 15.1 Å². The highest BCUT2D eigenvalue weighted by atomic mass is 19.4. The normalized spacial score (nSPS) is 14.5. The van der Waals surface area contributed by atoms with E-state index in [0.717, 1.165) is 12.1 Å². The van der Waals surface area contributed by atoms with Crippen molar-refractivity contribution in [2.75, 3.05) is 26.7 Å². The molecule has 0 saturated carbocycles. The van der Waals surface area contributed by atoms with Gasteiger partial charge in [0.05, 0.1) is 23.8 Å². The molecule has 1 N–H and O–H groups in total. The lowest BCUT2D eigenvalue weighted by atomic mass is 10.0. The van der Waals surface area contributed by atoms with Crippen LogP contribution < -0.4 is 5.32 Å². The highest BCUT2D eigenvalue weighted by Crippen LogP contribution is 2.35. The van der Waals surface area contributed by atoms with Crippen LogP contribution in [0.2, 0.25) is 0 Å². The van der Waals surface area contributed by atoms with Crippen molar-refractivity contribution in [2.24, 2.45) is 4.99 Å². The summed E-state index contributed by atoms with van der Waals surface area (Å²) < 4.78 is 44.4.